The quantitative estimate of drug-likeness (QED) is 0.730. The average Bonchev–Trinajstić information content (AvgIpc) is 2.62. The molecule has 80 valence electrons. The molecule has 1 nitrogen and oxygen atoms in total. The lowest BCUT2D eigenvalue weighted by molar-refractivity contribution is 0.227. The van der Waals surface area contributed by atoms with Crippen molar-refractivity contribution >= 4 is 0 Å². The van der Waals surface area contributed by atoms with E-state index < -0.39 is 6.10 Å². The van der Waals surface area contributed by atoms with Crippen molar-refractivity contribution in [2.24, 2.45) is 0 Å². The molecule has 0 fully saturated rings. The van der Waals surface area contributed by atoms with Crippen LogP contribution in [0.4, 0.5) is 0 Å². The Morgan fingerprint density at radius 3 is 2.73 bits per heavy atom. The van der Waals surface area contributed by atoms with Crippen LogP contribution in [0.2, 0.25) is 0 Å². The maximum atomic E-state index is 9.95. The Balaban J connectivity index is 2.26. The third-order valence-corrected chi connectivity index (χ3v) is 2.96. The van der Waals surface area contributed by atoms with Crippen molar-refractivity contribution in [1.29, 1.82) is 0 Å². The molecule has 1 aromatic rings. The molecule has 0 saturated heterocycles. The fourth-order valence-corrected chi connectivity index (χ4v) is 2.19. The highest BCUT2D eigenvalue weighted by Gasteiger charge is 2.12. The SMILES string of the molecule is CC(C)=CC(O)c1ccc2c(c1)CCC2. The lowest BCUT2D eigenvalue weighted by atomic mass is 10.0. The zero-order chi connectivity index (χ0) is 10.8. The minimum atomic E-state index is -0.444. The fraction of sp³-hybridized carbons (Fsp3) is 0.429. The molecule has 1 atom stereocenters. The second kappa shape index (κ2) is 4.19. The van der Waals surface area contributed by atoms with Gasteiger partial charge in [0, 0.05) is 0 Å². The summed E-state index contributed by atoms with van der Waals surface area (Å²) in [6, 6.07) is 6.38. The largest absolute Gasteiger partial charge is 0.384 e. The van der Waals surface area contributed by atoms with E-state index in [0.717, 1.165) is 11.1 Å². The van der Waals surface area contributed by atoms with Gasteiger partial charge in [-0.1, -0.05) is 29.8 Å². The number of rotatable bonds is 2. The normalized spacial score (nSPS) is 15.9. The number of hydrogen-bond donors (Lipinski definition) is 1. The summed E-state index contributed by atoms with van der Waals surface area (Å²) >= 11 is 0. The summed E-state index contributed by atoms with van der Waals surface area (Å²) in [5, 5.41) is 9.95. The lowest BCUT2D eigenvalue weighted by Crippen LogP contribution is -1.95. The van der Waals surface area contributed by atoms with Gasteiger partial charge in [-0.25, -0.2) is 0 Å². The van der Waals surface area contributed by atoms with E-state index >= 15 is 0 Å². The van der Waals surface area contributed by atoms with Crippen molar-refractivity contribution in [1.82, 2.24) is 0 Å². The number of allylic oxidation sites excluding steroid dienone is 1. The van der Waals surface area contributed by atoms with Crippen molar-refractivity contribution in [2.75, 3.05) is 0 Å². The molecule has 2 rings (SSSR count). The van der Waals surface area contributed by atoms with Crippen LogP contribution in [-0.4, -0.2) is 5.11 Å². The first-order chi connectivity index (χ1) is 7.16. The zero-order valence-electron chi connectivity index (χ0n) is 9.46. The van der Waals surface area contributed by atoms with E-state index in [4.69, 9.17) is 0 Å². The molecule has 0 amide bonds. The number of aliphatic hydroxyl groups is 1. The summed E-state index contributed by atoms with van der Waals surface area (Å²) in [6.45, 7) is 4.02. The van der Waals surface area contributed by atoms with Crippen molar-refractivity contribution < 1.29 is 5.11 Å². The molecule has 15 heavy (non-hydrogen) atoms. The first-order valence-electron chi connectivity index (χ1n) is 5.61. The van der Waals surface area contributed by atoms with Crippen molar-refractivity contribution in [3.8, 4) is 0 Å². The highest BCUT2D eigenvalue weighted by Crippen LogP contribution is 2.26. The summed E-state index contributed by atoms with van der Waals surface area (Å²) in [7, 11) is 0. The van der Waals surface area contributed by atoms with E-state index in [1.807, 2.05) is 26.0 Å². The summed E-state index contributed by atoms with van der Waals surface area (Å²) < 4.78 is 0. The molecule has 0 aliphatic heterocycles. The van der Waals surface area contributed by atoms with Crippen LogP contribution in [0, 0.1) is 0 Å². The Morgan fingerprint density at radius 1 is 1.27 bits per heavy atom. The minimum Gasteiger partial charge on any atom is -0.384 e. The zero-order valence-corrected chi connectivity index (χ0v) is 9.46. The molecule has 1 aromatic carbocycles. The van der Waals surface area contributed by atoms with E-state index in [1.165, 1.54) is 30.4 Å². The molecule has 0 saturated carbocycles. The second-order valence-electron chi connectivity index (χ2n) is 4.57. The van der Waals surface area contributed by atoms with Gasteiger partial charge in [-0.2, -0.15) is 0 Å². The summed E-state index contributed by atoms with van der Waals surface area (Å²) in [5.74, 6) is 0. The van der Waals surface area contributed by atoms with E-state index in [-0.39, 0.29) is 0 Å². The standard InChI is InChI=1S/C14H18O/c1-10(2)8-14(15)13-7-6-11-4-3-5-12(11)9-13/h6-9,14-15H,3-5H2,1-2H3. The third kappa shape index (κ3) is 2.29. The monoisotopic (exact) mass is 202 g/mol. The third-order valence-electron chi connectivity index (χ3n) is 2.96. The summed E-state index contributed by atoms with van der Waals surface area (Å²) in [5.41, 5.74) is 5.07. The van der Waals surface area contributed by atoms with Crippen LogP contribution in [0.3, 0.4) is 0 Å². The smallest absolute Gasteiger partial charge is 0.0974 e. The fourth-order valence-electron chi connectivity index (χ4n) is 2.19. The Labute approximate surface area is 91.4 Å². The molecule has 1 heteroatoms. The number of fused-ring (bicyclic) bond motifs is 1. The van der Waals surface area contributed by atoms with Crippen molar-refractivity contribution in [3.05, 3.63) is 46.5 Å². The van der Waals surface area contributed by atoms with Crippen LogP contribution >= 0.6 is 0 Å². The Kier molecular flexibility index (Phi) is 2.92. The van der Waals surface area contributed by atoms with Gasteiger partial charge >= 0.3 is 0 Å². The Bertz CT molecular complexity index is 386. The van der Waals surface area contributed by atoms with Gasteiger partial charge in [-0.3, -0.25) is 0 Å². The van der Waals surface area contributed by atoms with Gasteiger partial charge in [0.2, 0.25) is 0 Å². The molecule has 0 heterocycles. The predicted molar refractivity (Wildman–Crippen MR) is 62.9 cm³/mol. The Hall–Kier alpha value is -1.08. The van der Waals surface area contributed by atoms with Gasteiger partial charge in [-0.05, 0) is 49.8 Å². The first kappa shape index (κ1) is 10.4. The van der Waals surface area contributed by atoms with Gasteiger partial charge in [0.25, 0.3) is 0 Å². The van der Waals surface area contributed by atoms with Gasteiger partial charge in [0.05, 0.1) is 6.10 Å². The predicted octanol–water partition coefficient (Wildman–Crippen LogP) is 3.17. The molecule has 1 aliphatic carbocycles. The topological polar surface area (TPSA) is 20.2 Å². The van der Waals surface area contributed by atoms with Gasteiger partial charge in [0.15, 0.2) is 0 Å². The Morgan fingerprint density at radius 2 is 2.00 bits per heavy atom. The highest BCUT2D eigenvalue weighted by atomic mass is 16.3. The number of aliphatic hydroxyl groups excluding tert-OH is 1. The number of hydrogen-bond acceptors (Lipinski definition) is 1. The summed E-state index contributed by atoms with van der Waals surface area (Å²) in [4.78, 5) is 0. The lowest BCUT2D eigenvalue weighted by Gasteiger charge is -2.09. The van der Waals surface area contributed by atoms with Crippen molar-refractivity contribution in [3.63, 3.8) is 0 Å². The second-order valence-corrected chi connectivity index (χ2v) is 4.57. The van der Waals surface area contributed by atoms with E-state index in [2.05, 4.69) is 12.1 Å². The molecule has 1 N–H and O–H groups in total. The number of aryl methyl sites for hydroxylation is 2. The molecule has 0 bridgehead atoms. The minimum absolute atomic E-state index is 0.444. The molecule has 1 unspecified atom stereocenters. The van der Waals surface area contributed by atoms with E-state index in [0.29, 0.717) is 0 Å². The van der Waals surface area contributed by atoms with Crippen LogP contribution in [0.15, 0.2) is 29.8 Å². The van der Waals surface area contributed by atoms with E-state index in [1.54, 1.807) is 0 Å². The molecule has 0 spiro atoms. The molecule has 1 aliphatic rings. The average molecular weight is 202 g/mol. The first-order valence-corrected chi connectivity index (χ1v) is 5.61. The molecular formula is C14H18O. The van der Waals surface area contributed by atoms with Crippen LogP contribution < -0.4 is 0 Å². The van der Waals surface area contributed by atoms with Gasteiger partial charge in [-0.15, -0.1) is 0 Å². The van der Waals surface area contributed by atoms with Crippen LogP contribution in [-0.2, 0) is 12.8 Å². The maximum absolute atomic E-state index is 9.95. The summed E-state index contributed by atoms with van der Waals surface area (Å²) in [6.07, 6.45) is 5.09. The van der Waals surface area contributed by atoms with Crippen molar-refractivity contribution in [2.45, 2.75) is 39.2 Å². The number of benzene rings is 1. The molecule has 0 aromatic heterocycles. The van der Waals surface area contributed by atoms with E-state index in [9.17, 15) is 5.11 Å². The van der Waals surface area contributed by atoms with Crippen LogP contribution in [0.5, 0.6) is 0 Å². The van der Waals surface area contributed by atoms with Crippen LogP contribution in [0.1, 0.15) is 43.1 Å². The molecular weight excluding hydrogens is 184 g/mol. The highest BCUT2D eigenvalue weighted by molar-refractivity contribution is 5.37. The molecule has 0 radical (unpaired) electrons. The maximum Gasteiger partial charge on any atom is 0.0974 e. The van der Waals surface area contributed by atoms with Crippen LogP contribution in [0.25, 0.3) is 0 Å². The van der Waals surface area contributed by atoms with Gasteiger partial charge < -0.3 is 5.11 Å². The van der Waals surface area contributed by atoms with Gasteiger partial charge in [0.1, 0.15) is 0 Å².